The highest BCUT2D eigenvalue weighted by molar-refractivity contribution is 6.22. The first-order chi connectivity index (χ1) is 17.5. The predicted octanol–water partition coefficient (Wildman–Crippen LogP) is 2.00. The number of nitrogens with zero attached hydrogens (tertiary/aromatic N) is 4. The molecule has 5 rings (SSSR count). The molecular formula is C27H33N5O4. The molecule has 2 aromatic rings. The standard InChI is InChI=1S/C27H33N5O4/c1-2-36-27(35)22(15-18-6-3-11-28-16-18)32-25(33)23(26(32)34)31-13-5-7-19(17-31)14-21-10-9-20-8-4-12-29-24(20)30-21/h3,6,9-11,16,19,22-23H,2,4-5,7-8,12-15,17H2,1H3,(H,29,30). The second-order valence-electron chi connectivity index (χ2n) is 9.83. The molecule has 9 nitrogen and oxygen atoms in total. The third kappa shape index (κ3) is 4.97. The van der Waals surface area contributed by atoms with Gasteiger partial charge in [-0.2, -0.15) is 0 Å². The maximum Gasteiger partial charge on any atom is 0.329 e. The van der Waals surface area contributed by atoms with Gasteiger partial charge in [0.15, 0.2) is 6.04 Å². The van der Waals surface area contributed by atoms with Gasteiger partial charge in [0.25, 0.3) is 11.8 Å². The molecule has 2 saturated heterocycles. The van der Waals surface area contributed by atoms with Gasteiger partial charge in [0.1, 0.15) is 11.9 Å². The molecule has 0 aliphatic carbocycles. The Kier molecular flexibility index (Phi) is 7.27. The van der Waals surface area contributed by atoms with E-state index in [0.29, 0.717) is 19.0 Å². The topological polar surface area (TPSA) is 105 Å². The van der Waals surface area contributed by atoms with Crippen LogP contribution in [0.2, 0.25) is 0 Å². The van der Waals surface area contributed by atoms with Crippen LogP contribution in [-0.2, 0) is 38.4 Å². The minimum absolute atomic E-state index is 0.183. The number of ether oxygens (including phenoxy) is 1. The number of carbonyl (C=O) groups is 3. The van der Waals surface area contributed by atoms with Crippen LogP contribution < -0.4 is 5.32 Å². The van der Waals surface area contributed by atoms with E-state index in [1.165, 1.54) is 5.56 Å². The van der Waals surface area contributed by atoms with Crippen molar-refractivity contribution in [3.63, 3.8) is 0 Å². The van der Waals surface area contributed by atoms with E-state index < -0.39 is 18.1 Å². The molecule has 3 aliphatic rings. The molecule has 190 valence electrons. The van der Waals surface area contributed by atoms with Gasteiger partial charge in [0, 0.05) is 37.6 Å². The summed E-state index contributed by atoms with van der Waals surface area (Å²) in [4.78, 5) is 51.2. The zero-order chi connectivity index (χ0) is 25.1. The van der Waals surface area contributed by atoms with Gasteiger partial charge in [0.2, 0.25) is 0 Å². The van der Waals surface area contributed by atoms with Gasteiger partial charge in [-0.05, 0) is 74.8 Å². The summed E-state index contributed by atoms with van der Waals surface area (Å²) in [5.74, 6) is 0.103. The van der Waals surface area contributed by atoms with E-state index in [2.05, 4.69) is 22.4 Å². The molecule has 2 aromatic heterocycles. The third-order valence-corrected chi connectivity index (χ3v) is 7.33. The molecule has 3 aliphatic heterocycles. The molecule has 2 atom stereocenters. The number of pyridine rings is 2. The number of amides is 2. The van der Waals surface area contributed by atoms with Crippen molar-refractivity contribution < 1.29 is 19.1 Å². The minimum Gasteiger partial charge on any atom is -0.464 e. The van der Waals surface area contributed by atoms with Crippen LogP contribution in [0.1, 0.15) is 43.0 Å². The molecule has 0 radical (unpaired) electrons. The number of imide groups is 1. The zero-order valence-electron chi connectivity index (χ0n) is 20.7. The highest BCUT2D eigenvalue weighted by atomic mass is 16.5. The molecular weight excluding hydrogens is 458 g/mol. The number of piperidine rings is 1. The number of hydrogen-bond acceptors (Lipinski definition) is 8. The average Bonchev–Trinajstić information content (AvgIpc) is 2.89. The van der Waals surface area contributed by atoms with E-state index in [1.807, 2.05) is 11.0 Å². The molecule has 2 fully saturated rings. The van der Waals surface area contributed by atoms with Crippen molar-refractivity contribution in [2.75, 3.05) is 31.6 Å². The maximum absolute atomic E-state index is 13.3. The van der Waals surface area contributed by atoms with Crippen molar-refractivity contribution >= 4 is 23.6 Å². The van der Waals surface area contributed by atoms with Crippen LogP contribution >= 0.6 is 0 Å². The van der Waals surface area contributed by atoms with Crippen molar-refractivity contribution in [3.8, 4) is 0 Å². The van der Waals surface area contributed by atoms with Crippen LogP contribution in [0.15, 0.2) is 36.7 Å². The van der Waals surface area contributed by atoms with Gasteiger partial charge in [0.05, 0.1) is 6.61 Å². The summed E-state index contributed by atoms with van der Waals surface area (Å²) in [6.07, 6.45) is 8.43. The van der Waals surface area contributed by atoms with Gasteiger partial charge in [-0.25, -0.2) is 9.78 Å². The summed E-state index contributed by atoms with van der Waals surface area (Å²) in [6, 6.07) is 6.06. The molecule has 1 N–H and O–H groups in total. The number of likely N-dealkylation sites (tertiary alicyclic amines) is 2. The van der Waals surface area contributed by atoms with Crippen molar-refractivity contribution in [1.82, 2.24) is 19.8 Å². The summed E-state index contributed by atoms with van der Waals surface area (Å²) >= 11 is 0. The van der Waals surface area contributed by atoms with Crippen LogP contribution in [-0.4, -0.2) is 75.9 Å². The Balaban J connectivity index is 1.25. The molecule has 5 heterocycles. The van der Waals surface area contributed by atoms with Crippen LogP contribution in [0.5, 0.6) is 0 Å². The number of aromatic nitrogens is 2. The molecule has 0 bridgehead atoms. The van der Waals surface area contributed by atoms with Gasteiger partial charge in [-0.15, -0.1) is 0 Å². The molecule has 0 saturated carbocycles. The number of anilines is 1. The Labute approximate surface area is 211 Å². The average molecular weight is 492 g/mol. The van der Waals surface area contributed by atoms with Gasteiger partial charge >= 0.3 is 5.97 Å². The van der Waals surface area contributed by atoms with E-state index in [9.17, 15) is 14.4 Å². The fourth-order valence-corrected chi connectivity index (χ4v) is 5.57. The molecule has 2 unspecified atom stereocenters. The summed E-state index contributed by atoms with van der Waals surface area (Å²) in [6.45, 7) is 4.20. The SMILES string of the molecule is CCOC(=O)C(Cc1cccnc1)N1C(=O)C(N2CCCC(Cc3ccc4c(n3)NCCC4)C2)C1=O. The lowest BCUT2D eigenvalue weighted by Crippen LogP contribution is -2.72. The second-order valence-corrected chi connectivity index (χ2v) is 9.83. The lowest BCUT2D eigenvalue weighted by molar-refractivity contribution is -0.178. The first kappa shape index (κ1) is 24.4. The zero-order valence-corrected chi connectivity index (χ0v) is 20.7. The minimum atomic E-state index is -0.974. The number of rotatable bonds is 8. The number of hydrogen-bond donors (Lipinski definition) is 1. The number of β-lactam (4-membered cyclic amide) rings is 2. The summed E-state index contributed by atoms with van der Waals surface area (Å²) in [5, 5.41) is 3.39. The van der Waals surface area contributed by atoms with Crippen LogP contribution in [0.3, 0.4) is 0 Å². The smallest absolute Gasteiger partial charge is 0.329 e. The number of carbonyl (C=O) groups excluding carboxylic acids is 3. The van der Waals surface area contributed by atoms with Gasteiger partial charge in [-0.3, -0.25) is 24.4 Å². The molecule has 0 spiro atoms. The highest BCUT2D eigenvalue weighted by Crippen LogP contribution is 2.30. The summed E-state index contributed by atoms with van der Waals surface area (Å²) in [7, 11) is 0. The fraction of sp³-hybridized carbons (Fsp3) is 0.519. The van der Waals surface area contributed by atoms with E-state index in [1.54, 1.807) is 25.4 Å². The van der Waals surface area contributed by atoms with Crippen molar-refractivity contribution in [3.05, 3.63) is 53.5 Å². The first-order valence-corrected chi connectivity index (χ1v) is 12.9. The van der Waals surface area contributed by atoms with Gasteiger partial charge in [-0.1, -0.05) is 12.1 Å². The maximum atomic E-state index is 13.3. The Morgan fingerprint density at radius 1 is 1.22 bits per heavy atom. The first-order valence-electron chi connectivity index (χ1n) is 12.9. The monoisotopic (exact) mass is 491 g/mol. The normalized spacial score (nSPS) is 21.4. The van der Waals surface area contributed by atoms with E-state index in [-0.39, 0.29) is 24.8 Å². The number of nitrogens with one attached hydrogen (secondary N) is 1. The number of aryl methyl sites for hydroxylation is 1. The highest BCUT2D eigenvalue weighted by Gasteiger charge is 2.55. The van der Waals surface area contributed by atoms with Gasteiger partial charge < -0.3 is 10.1 Å². The van der Waals surface area contributed by atoms with E-state index >= 15 is 0 Å². The predicted molar refractivity (Wildman–Crippen MR) is 133 cm³/mol. The van der Waals surface area contributed by atoms with E-state index in [0.717, 1.165) is 60.6 Å². The second kappa shape index (κ2) is 10.7. The molecule has 2 amide bonds. The van der Waals surface area contributed by atoms with E-state index in [4.69, 9.17) is 9.72 Å². The molecule has 0 aromatic carbocycles. The number of esters is 1. The van der Waals surface area contributed by atoms with Crippen LogP contribution in [0, 0.1) is 5.92 Å². The van der Waals surface area contributed by atoms with Crippen LogP contribution in [0.4, 0.5) is 5.82 Å². The van der Waals surface area contributed by atoms with Crippen LogP contribution in [0.25, 0.3) is 0 Å². The third-order valence-electron chi connectivity index (χ3n) is 7.33. The Morgan fingerprint density at radius 3 is 2.86 bits per heavy atom. The molecule has 9 heteroatoms. The van der Waals surface area contributed by atoms with Crippen molar-refractivity contribution in [2.45, 2.75) is 57.5 Å². The van der Waals surface area contributed by atoms with Crippen molar-refractivity contribution in [2.24, 2.45) is 5.92 Å². The molecule has 36 heavy (non-hydrogen) atoms. The van der Waals surface area contributed by atoms with Crippen molar-refractivity contribution in [1.29, 1.82) is 0 Å². The Hall–Kier alpha value is -3.33. The largest absolute Gasteiger partial charge is 0.464 e. The summed E-state index contributed by atoms with van der Waals surface area (Å²) < 4.78 is 5.20. The summed E-state index contributed by atoms with van der Waals surface area (Å²) in [5.41, 5.74) is 3.08. The quantitative estimate of drug-likeness (QED) is 0.340. The lowest BCUT2D eigenvalue weighted by atomic mass is 9.89. The Bertz CT molecular complexity index is 1110. The number of fused-ring (bicyclic) bond motifs is 1. The Morgan fingerprint density at radius 2 is 2.08 bits per heavy atom. The lowest BCUT2D eigenvalue weighted by Gasteiger charge is -2.46. The fourth-order valence-electron chi connectivity index (χ4n) is 5.57.